The van der Waals surface area contributed by atoms with E-state index in [1.165, 1.54) is 30.6 Å². The zero-order valence-electron chi connectivity index (χ0n) is 10.5. The van der Waals surface area contributed by atoms with Crippen molar-refractivity contribution in [3.63, 3.8) is 0 Å². The first-order chi connectivity index (χ1) is 8.27. The molecule has 0 amide bonds. The zero-order valence-corrected chi connectivity index (χ0v) is 10.5. The maximum atomic E-state index is 6.25. The number of anilines is 2. The molecule has 1 fully saturated rings. The molecular weight excluding hydrogens is 210 g/mol. The molecule has 3 nitrogen and oxygen atoms in total. The molecule has 0 saturated heterocycles. The lowest BCUT2D eigenvalue weighted by atomic mass is 10.1. The van der Waals surface area contributed by atoms with Crippen LogP contribution in [0.5, 0.6) is 0 Å². The van der Waals surface area contributed by atoms with Gasteiger partial charge in [-0.2, -0.15) is 0 Å². The summed E-state index contributed by atoms with van der Waals surface area (Å²) in [7, 11) is 2.17. The van der Waals surface area contributed by atoms with Gasteiger partial charge >= 0.3 is 0 Å². The molecule has 3 heteroatoms. The van der Waals surface area contributed by atoms with Crippen LogP contribution < -0.4 is 15.5 Å². The normalized spacial score (nSPS) is 28.4. The molecule has 92 valence electrons. The number of para-hydroxylation sites is 2. The van der Waals surface area contributed by atoms with Gasteiger partial charge in [-0.15, -0.1) is 0 Å². The number of hydrogen-bond acceptors (Lipinski definition) is 3. The van der Waals surface area contributed by atoms with Crippen LogP contribution in [0.4, 0.5) is 11.4 Å². The first kappa shape index (κ1) is 10.9. The summed E-state index contributed by atoms with van der Waals surface area (Å²) in [6.07, 6.45) is 3.71. The Kier molecular flexibility index (Phi) is 2.71. The molecule has 2 aliphatic rings. The molecule has 1 aromatic carbocycles. The standard InChI is InChI=1S/C14H21N3/c1-16-9-10-17(12-8-4-5-11(12)15)14-7-3-2-6-13(14)16/h2-3,6-7,11-12H,4-5,8-10,15H2,1H3. The number of benzene rings is 1. The van der Waals surface area contributed by atoms with Gasteiger partial charge in [0.1, 0.15) is 0 Å². The van der Waals surface area contributed by atoms with E-state index < -0.39 is 0 Å². The fourth-order valence-corrected chi connectivity index (χ4v) is 3.23. The third kappa shape index (κ3) is 1.78. The second kappa shape index (κ2) is 4.22. The van der Waals surface area contributed by atoms with Gasteiger partial charge in [0.25, 0.3) is 0 Å². The number of likely N-dealkylation sites (N-methyl/N-ethyl adjacent to an activating group) is 1. The molecule has 0 aromatic heterocycles. The van der Waals surface area contributed by atoms with Crippen molar-refractivity contribution >= 4 is 11.4 Å². The van der Waals surface area contributed by atoms with Crippen molar-refractivity contribution in [2.45, 2.75) is 31.3 Å². The van der Waals surface area contributed by atoms with Crippen LogP contribution in [-0.4, -0.2) is 32.2 Å². The van der Waals surface area contributed by atoms with Gasteiger partial charge in [-0.05, 0) is 31.4 Å². The predicted molar refractivity (Wildman–Crippen MR) is 72.7 cm³/mol. The number of fused-ring (bicyclic) bond motifs is 1. The van der Waals surface area contributed by atoms with E-state index in [-0.39, 0.29) is 0 Å². The first-order valence-electron chi connectivity index (χ1n) is 6.60. The van der Waals surface area contributed by atoms with Gasteiger partial charge in [-0.25, -0.2) is 0 Å². The molecule has 1 heterocycles. The van der Waals surface area contributed by atoms with Crippen LogP contribution in [0.2, 0.25) is 0 Å². The molecule has 2 unspecified atom stereocenters. The first-order valence-corrected chi connectivity index (χ1v) is 6.60. The lowest BCUT2D eigenvalue weighted by Crippen LogP contribution is -2.50. The van der Waals surface area contributed by atoms with E-state index in [1.54, 1.807) is 0 Å². The molecule has 1 aliphatic carbocycles. The van der Waals surface area contributed by atoms with Crippen molar-refractivity contribution in [3.05, 3.63) is 24.3 Å². The molecule has 1 aromatic rings. The average Bonchev–Trinajstić information content (AvgIpc) is 2.77. The molecule has 0 bridgehead atoms. The fraction of sp³-hybridized carbons (Fsp3) is 0.571. The van der Waals surface area contributed by atoms with E-state index in [2.05, 4.69) is 41.1 Å². The highest BCUT2D eigenvalue weighted by atomic mass is 15.3. The van der Waals surface area contributed by atoms with Crippen LogP contribution in [0.25, 0.3) is 0 Å². The minimum Gasteiger partial charge on any atom is -0.371 e. The summed E-state index contributed by atoms with van der Waals surface area (Å²) in [6, 6.07) is 9.59. The van der Waals surface area contributed by atoms with E-state index in [0.29, 0.717) is 12.1 Å². The Morgan fingerprint density at radius 2 is 1.88 bits per heavy atom. The number of nitrogens with two attached hydrogens (primary N) is 1. The summed E-state index contributed by atoms with van der Waals surface area (Å²) in [5.41, 5.74) is 8.96. The topological polar surface area (TPSA) is 32.5 Å². The largest absolute Gasteiger partial charge is 0.371 e. The summed E-state index contributed by atoms with van der Waals surface area (Å²) >= 11 is 0. The zero-order chi connectivity index (χ0) is 11.8. The lowest BCUT2D eigenvalue weighted by molar-refractivity contribution is 0.535. The maximum Gasteiger partial charge on any atom is 0.0607 e. The SMILES string of the molecule is CN1CCN(C2CCCC2N)c2ccccc21. The second-order valence-electron chi connectivity index (χ2n) is 5.27. The molecular formula is C14H21N3. The highest BCUT2D eigenvalue weighted by Crippen LogP contribution is 2.36. The average molecular weight is 231 g/mol. The fourth-order valence-electron chi connectivity index (χ4n) is 3.23. The van der Waals surface area contributed by atoms with Crippen LogP contribution in [0.1, 0.15) is 19.3 Å². The van der Waals surface area contributed by atoms with Crippen LogP contribution in [0, 0.1) is 0 Å². The Morgan fingerprint density at radius 3 is 2.59 bits per heavy atom. The molecule has 0 spiro atoms. The summed E-state index contributed by atoms with van der Waals surface area (Å²) in [6.45, 7) is 2.20. The minimum atomic E-state index is 0.353. The Hall–Kier alpha value is -1.22. The van der Waals surface area contributed by atoms with E-state index >= 15 is 0 Å². The molecule has 0 radical (unpaired) electrons. The summed E-state index contributed by atoms with van der Waals surface area (Å²) in [5.74, 6) is 0. The summed E-state index contributed by atoms with van der Waals surface area (Å²) < 4.78 is 0. The summed E-state index contributed by atoms with van der Waals surface area (Å²) in [5, 5.41) is 0. The van der Waals surface area contributed by atoms with Gasteiger partial charge in [0.05, 0.1) is 11.4 Å². The van der Waals surface area contributed by atoms with Crippen molar-refractivity contribution in [2.24, 2.45) is 5.73 Å². The monoisotopic (exact) mass is 231 g/mol. The van der Waals surface area contributed by atoms with Gasteiger partial charge < -0.3 is 15.5 Å². The quantitative estimate of drug-likeness (QED) is 0.800. The van der Waals surface area contributed by atoms with Gasteiger partial charge in [0.2, 0.25) is 0 Å². The molecule has 2 atom stereocenters. The molecule has 1 aliphatic heterocycles. The van der Waals surface area contributed by atoms with Crippen LogP contribution >= 0.6 is 0 Å². The molecule has 1 saturated carbocycles. The number of nitrogens with zero attached hydrogens (tertiary/aromatic N) is 2. The number of hydrogen-bond donors (Lipinski definition) is 1. The Bertz CT molecular complexity index is 404. The third-order valence-electron chi connectivity index (χ3n) is 4.21. The van der Waals surface area contributed by atoms with Crippen molar-refractivity contribution in [1.29, 1.82) is 0 Å². The highest BCUT2D eigenvalue weighted by Gasteiger charge is 2.32. The Balaban J connectivity index is 1.95. The smallest absolute Gasteiger partial charge is 0.0607 e. The molecule has 17 heavy (non-hydrogen) atoms. The van der Waals surface area contributed by atoms with E-state index in [1.807, 2.05) is 0 Å². The van der Waals surface area contributed by atoms with Gasteiger partial charge in [0, 0.05) is 32.2 Å². The molecule has 2 N–H and O–H groups in total. The van der Waals surface area contributed by atoms with Crippen molar-refractivity contribution < 1.29 is 0 Å². The number of rotatable bonds is 1. The van der Waals surface area contributed by atoms with Crippen molar-refractivity contribution in [1.82, 2.24) is 0 Å². The van der Waals surface area contributed by atoms with Gasteiger partial charge in [-0.1, -0.05) is 12.1 Å². The van der Waals surface area contributed by atoms with Crippen LogP contribution in [-0.2, 0) is 0 Å². The predicted octanol–water partition coefficient (Wildman–Crippen LogP) is 1.82. The van der Waals surface area contributed by atoms with Crippen LogP contribution in [0.15, 0.2) is 24.3 Å². The maximum absolute atomic E-state index is 6.25. The van der Waals surface area contributed by atoms with Crippen molar-refractivity contribution in [3.8, 4) is 0 Å². The van der Waals surface area contributed by atoms with Gasteiger partial charge in [0.15, 0.2) is 0 Å². The Labute approximate surface area is 103 Å². The second-order valence-corrected chi connectivity index (χ2v) is 5.27. The highest BCUT2D eigenvalue weighted by molar-refractivity contribution is 5.73. The third-order valence-corrected chi connectivity index (χ3v) is 4.21. The lowest BCUT2D eigenvalue weighted by Gasteiger charge is -2.41. The van der Waals surface area contributed by atoms with Crippen molar-refractivity contribution in [2.75, 3.05) is 29.9 Å². The molecule has 3 rings (SSSR count). The van der Waals surface area contributed by atoms with E-state index in [4.69, 9.17) is 5.73 Å². The Morgan fingerprint density at radius 1 is 1.12 bits per heavy atom. The summed E-state index contributed by atoms with van der Waals surface area (Å²) in [4.78, 5) is 4.87. The van der Waals surface area contributed by atoms with E-state index in [0.717, 1.165) is 13.1 Å². The minimum absolute atomic E-state index is 0.353. The van der Waals surface area contributed by atoms with E-state index in [9.17, 15) is 0 Å². The van der Waals surface area contributed by atoms with Gasteiger partial charge in [-0.3, -0.25) is 0 Å². The van der Waals surface area contributed by atoms with Crippen LogP contribution in [0.3, 0.4) is 0 Å².